The lowest BCUT2D eigenvalue weighted by atomic mass is 10.2. The van der Waals surface area contributed by atoms with E-state index < -0.39 is 15.9 Å². The molecule has 1 N–H and O–H groups in total. The molecule has 3 aromatic rings. The van der Waals surface area contributed by atoms with Crippen molar-refractivity contribution in [2.75, 3.05) is 0 Å². The first-order valence-corrected chi connectivity index (χ1v) is 11.3. The Bertz CT molecular complexity index is 1090. The van der Waals surface area contributed by atoms with Crippen molar-refractivity contribution in [2.45, 2.75) is 18.4 Å². The summed E-state index contributed by atoms with van der Waals surface area (Å²) in [7, 11) is -4.14. The molecule has 0 atom stereocenters. The number of nitrogens with zero attached hydrogens (tertiary/aromatic N) is 1. The van der Waals surface area contributed by atoms with E-state index in [-0.39, 0.29) is 25.7 Å². The highest BCUT2D eigenvalue weighted by molar-refractivity contribution is 7.90. The number of amides is 1. The average Bonchev–Trinajstić information content (AvgIpc) is 3.18. The van der Waals surface area contributed by atoms with Crippen LogP contribution in [0.2, 0.25) is 8.67 Å². The van der Waals surface area contributed by atoms with Crippen LogP contribution in [-0.2, 0) is 16.6 Å². The molecule has 6 nitrogen and oxygen atoms in total. The monoisotopic (exact) mass is 462 g/mol. The number of rotatable bonds is 6. The van der Waals surface area contributed by atoms with Gasteiger partial charge in [0.1, 0.15) is 21.6 Å². The van der Waals surface area contributed by atoms with Crippen molar-refractivity contribution in [2.24, 2.45) is 0 Å². The van der Waals surface area contributed by atoms with Gasteiger partial charge in [0.15, 0.2) is 0 Å². The summed E-state index contributed by atoms with van der Waals surface area (Å²) < 4.78 is 32.5. The van der Waals surface area contributed by atoms with E-state index in [1.54, 1.807) is 12.1 Å². The number of nitrogens with one attached hydrogen (secondary N) is 1. The second-order valence-electron chi connectivity index (χ2n) is 5.30. The van der Waals surface area contributed by atoms with Gasteiger partial charge in [-0.25, -0.2) is 18.1 Å². The van der Waals surface area contributed by atoms with Crippen molar-refractivity contribution < 1.29 is 17.9 Å². The number of aromatic nitrogens is 1. The molecule has 0 saturated carbocycles. The van der Waals surface area contributed by atoms with Gasteiger partial charge in [0.05, 0.1) is 15.0 Å². The minimum Gasteiger partial charge on any atom is -0.487 e. The Morgan fingerprint density at radius 2 is 2.07 bits per heavy atom. The Morgan fingerprint density at radius 3 is 2.70 bits per heavy atom. The summed E-state index contributed by atoms with van der Waals surface area (Å²) in [6.45, 7) is 2.14. The van der Waals surface area contributed by atoms with Gasteiger partial charge in [-0.05, 0) is 31.2 Å². The van der Waals surface area contributed by atoms with Gasteiger partial charge in [0.25, 0.3) is 15.9 Å². The number of hydrogen-bond donors (Lipinski definition) is 1. The van der Waals surface area contributed by atoms with E-state index in [0.29, 0.717) is 5.75 Å². The van der Waals surface area contributed by atoms with E-state index in [1.807, 2.05) is 17.0 Å². The smallest absolute Gasteiger partial charge is 0.266 e. The van der Waals surface area contributed by atoms with E-state index in [2.05, 4.69) is 4.98 Å². The molecular formula is C16H12Cl2N2O4S3. The van der Waals surface area contributed by atoms with E-state index in [9.17, 15) is 13.2 Å². The van der Waals surface area contributed by atoms with Gasteiger partial charge < -0.3 is 4.74 Å². The lowest BCUT2D eigenvalue weighted by Gasteiger charge is -2.08. The standard InChI is InChI=1S/C16H12Cl2N2O4S3/c1-9-19-11(8-25-9)7-24-12-4-2-3-10(5-12)16(21)20-27(22,23)13-6-14(17)26-15(13)18/h2-6,8H,7H2,1H3,(H,20,21). The summed E-state index contributed by atoms with van der Waals surface area (Å²) >= 11 is 14.0. The topological polar surface area (TPSA) is 85.4 Å². The molecule has 142 valence electrons. The number of halogens is 2. The Labute approximate surface area is 173 Å². The maximum atomic E-state index is 12.4. The third-order valence-corrected chi connectivity index (χ3v) is 7.20. The minimum atomic E-state index is -4.14. The lowest BCUT2D eigenvalue weighted by Crippen LogP contribution is -2.30. The SMILES string of the molecule is Cc1nc(COc2cccc(C(=O)NS(=O)(=O)c3cc(Cl)sc3Cl)c2)cs1. The largest absolute Gasteiger partial charge is 0.487 e. The maximum Gasteiger partial charge on any atom is 0.266 e. The number of carbonyl (C=O) groups is 1. The van der Waals surface area contributed by atoms with Crippen LogP contribution < -0.4 is 9.46 Å². The van der Waals surface area contributed by atoms with Crippen molar-refractivity contribution in [1.29, 1.82) is 0 Å². The molecular weight excluding hydrogens is 451 g/mol. The molecule has 1 amide bonds. The second kappa shape index (κ2) is 8.15. The zero-order valence-corrected chi connectivity index (χ0v) is 17.7. The summed E-state index contributed by atoms with van der Waals surface area (Å²) in [4.78, 5) is 16.4. The highest BCUT2D eigenvalue weighted by Gasteiger charge is 2.24. The first-order valence-electron chi connectivity index (χ1n) is 7.40. The van der Waals surface area contributed by atoms with E-state index in [4.69, 9.17) is 27.9 Å². The number of sulfonamides is 1. The average molecular weight is 463 g/mol. The molecule has 0 fully saturated rings. The summed E-state index contributed by atoms with van der Waals surface area (Å²) in [6.07, 6.45) is 0. The molecule has 11 heteroatoms. The normalized spacial score (nSPS) is 11.4. The highest BCUT2D eigenvalue weighted by atomic mass is 35.5. The quantitative estimate of drug-likeness (QED) is 0.581. The van der Waals surface area contributed by atoms with E-state index in [1.165, 1.54) is 29.5 Å². The molecule has 1 aromatic carbocycles. The third-order valence-electron chi connectivity index (χ3n) is 3.29. The predicted molar refractivity (Wildman–Crippen MR) is 107 cm³/mol. The molecule has 2 aromatic heterocycles. The Kier molecular flexibility index (Phi) is 6.07. The van der Waals surface area contributed by atoms with Crippen LogP contribution in [0.4, 0.5) is 0 Å². The molecule has 0 aliphatic carbocycles. The fourth-order valence-electron chi connectivity index (χ4n) is 2.10. The van der Waals surface area contributed by atoms with Crippen molar-refractivity contribution in [3.05, 3.63) is 60.6 Å². The van der Waals surface area contributed by atoms with Crippen LogP contribution in [0.5, 0.6) is 5.75 Å². The van der Waals surface area contributed by atoms with Crippen LogP contribution in [0, 0.1) is 6.92 Å². The van der Waals surface area contributed by atoms with Gasteiger partial charge in [0, 0.05) is 10.9 Å². The Morgan fingerprint density at radius 1 is 1.30 bits per heavy atom. The van der Waals surface area contributed by atoms with Crippen LogP contribution in [-0.4, -0.2) is 19.3 Å². The molecule has 0 saturated heterocycles. The van der Waals surface area contributed by atoms with Crippen molar-refractivity contribution in [1.82, 2.24) is 9.71 Å². The number of thiophene rings is 1. The molecule has 0 radical (unpaired) electrons. The van der Waals surface area contributed by atoms with E-state index >= 15 is 0 Å². The predicted octanol–water partition coefficient (Wildman–Crippen LogP) is 4.52. The number of hydrogen-bond acceptors (Lipinski definition) is 7. The van der Waals surface area contributed by atoms with Crippen molar-refractivity contribution in [3.63, 3.8) is 0 Å². The Balaban J connectivity index is 1.72. The highest BCUT2D eigenvalue weighted by Crippen LogP contribution is 2.34. The molecule has 0 spiro atoms. The van der Waals surface area contributed by atoms with Crippen LogP contribution >= 0.6 is 45.9 Å². The van der Waals surface area contributed by atoms with Crippen molar-refractivity contribution in [3.8, 4) is 5.75 Å². The van der Waals surface area contributed by atoms with Crippen molar-refractivity contribution >= 4 is 61.8 Å². The summed E-state index contributed by atoms with van der Waals surface area (Å²) in [5.74, 6) is -0.384. The van der Waals surface area contributed by atoms with Crippen LogP contribution in [0.1, 0.15) is 21.1 Å². The second-order valence-corrected chi connectivity index (χ2v) is 10.3. The zero-order valence-electron chi connectivity index (χ0n) is 13.7. The van der Waals surface area contributed by atoms with Crippen LogP contribution in [0.15, 0.2) is 40.6 Å². The van der Waals surface area contributed by atoms with Gasteiger partial charge in [-0.2, -0.15) is 0 Å². The summed E-state index contributed by atoms with van der Waals surface area (Å²) in [5.41, 5.74) is 0.905. The summed E-state index contributed by atoms with van der Waals surface area (Å²) in [5, 5.41) is 2.81. The Hall–Kier alpha value is -1.65. The first-order chi connectivity index (χ1) is 12.7. The molecule has 0 aliphatic heterocycles. The molecule has 0 aliphatic rings. The van der Waals surface area contributed by atoms with Crippen LogP contribution in [0.3, 0.4) is 0 Å². The summed E-state index contributed by atoms with van der Waals surface area (Å²) in [6, 6.07) is 7.39. The number of aryl methyl sites for hydroxylation is 1. The van der Waals surface area contributed by atoms with Gasteiger partial charge in [-0.1, -0.05) is 29.3 Å². The van der Waals surface area contributed by atoms with Gasteiger partial charge in [-0.15, -0.1) is 22.7 Å². The molecule has 3 rings (SSSR count). The third kappa shape index (κ3) is 4.99. The number of thiazole rings is 1. The zero-order chi connectivity index (χ0) is 19.6. The van der Waals surface area contributed by atoms with Crippen LogP contribution in [0.25, 0.3) is 0 Å². The molecule has 27 heavy (non-hydrogen) atoms. The fraction of sp³-hybridized carbons (Fsp3) is 0.125. The molecule has 0 unspecified atom stereocenters. The number of carbonyl (C=O) groups excluding carboxylic acids is 1. The first kappa shape index (κ1) is 20.1. The molecule has 2 heterocycles. The number of ether oxygens (including phenoxy) is 1. The molecule has 0 bridgehead atoms. The minimum absolute atomic E-state index is 0.0176. The lowest BCUT2D eigenvalue weighted by molar-refractivity contribution is 0.0981. The van der Waals surface area contributed by atoms with Gasteiger partial charge in [-0.3, -0.25) is 4.79 Å². The number of benzene rings is 1. The van der Waals surface area contributed by atoms with Gasteiger partial charge in [0.2, 0.25) is 0 Å². The van der Waals surface area contributed by atoms with Gasteiger partial charge >= 0.3 is 0 Å². The van der Waals surface area contributed by atoms with E-state index in [0.717, 1.165) is 22.0 Å². The maximum absolute atomic E-state index is 12.4. The fourth-order valence-corrected chi connectivity index (χ4v) is 5.83.